The fraction of sp³-hybridized carbons (Fsp3) is 0.133. The van der Waals surface area contributed by atoms with Gasteiger partial charge < -0.3 is 0 Å². The summed E-state index contributed by atoms with van der Waals surface area (Å²) in [5.74, 6) is 0. The van der Waals surface area contributed by atoms with Crippen LogP contribution in [0.25, 0.3) is 16.6 Å². The lowest BCUT2D eigenvalue weighted by Gasteiger charge is -2.08. The first kappa shape index (κ1) is 13.6. The second kappa shape index (κ2) is 5.18. The number of aromatic amines is 1. The minimum Gasteiger partial charge on any atom is -0.297 e. The third-order valence-corrected chi connectivity index (χ3v) is 3.67. The second-order valence-corrected chi connectivity index (χ2v) is 4.98. The summed E-state index contributed by atoms with van der Waals surface area (Å²) < 4.78 is 1.09. The Bertz CT molecular complexity index is 944. The monoisotopic (exact) mass is 301 g/mol. The van der Waals surface area contributed by atoms with Gasteiger partial charge in [-0.2, -0.15) is 0 Å². The summed E-state index contributed by atoms with van der Waals surface area (Å²) in [7, 11) is 0. The molecule has 1 N–H and O–H groups in total. The van der Waals surface area contributed by atoms with Crippen molar-refractivity contribution < 1.29 is 0 Å². The lowest BCUT2D eigenvalue weighted by atomic mass is 10.2. The quantitative estimate of drug-likeness (QED) is 0.738. The van der Waals surface area contributed by atoms with Crippen molar-refractivity contribution >= 4 is 22.5 Å². The Kier molecular flexibility index (Phi) is 3.35. The predicted octanol–water partition coefficient (Wildman–Crippen LogP) is 2.29. The van der Waals surface area contributed by atoms with Gasteiger partial charge in [0.05, 0.1) is 16.8 Å². The zero-order valence-electron chi connectivity index (χ0n) is 11.3. The van der Waals surface area contributed by atoms with Gasteiger partial charge in [-0.1, -0.05) is 24.6 Å². The molecule has 2 heterocycles. The molecule has 0 saturated heterocycles. The highest BCUT2D eigenvalue weighted by molar-refractivity contribution is 6.30. The summed E-state index contributed by atoms with van der Waals surface area (Å²) in [6, 6.07) is 8.91. The van der Waals surface area contributed by atoms with E-state index in [1.165, 1.54) is 0 Å². The van der Waals surface area contributed by atoms with E-state index in [0.29, 0.717) is 17.7 Å². The standard InChI is InChI=1S/C15H12ClN3O2/c1-2-11-13(16)18-15(21)19(14(11)20)10-5-6-12-9(8-10)4-3-7-17-12/h3-8H,2H2,1H3,(H,18,21). The van der Waals surface area contributed by atoms with Gasteiger partial charge in [0.15, 0.2) is 0 Å². The highest BCUT2D eigenvalue weighted by Gasteiger charge is 2.12. The van der Waals surface area contributed by atoms with Crippen LogP contribution in [0, 0.1) is 0 Å². The highest BCUT2D eigenvalue weighted by atomic mass is 35.5. The molecule has 21 heavy (non-hydrogen) atoms. The van der Waals surface area contributed by atoms with Crippen molar-refractivity contribution in [1.82, 2.24) is 14.5 Å². The normalized spacial score (nSPS) is 11.0. The van der Waals surface area contributed by atoms with Gasteiger partial charge in [-0.05, 0) is 30.7 Å². The summed E-state index contributed by atoms with van der Waals surface area (Å²) in [4.78, 5) is 31.2. The van der Waals surface area contributed by atoms with E-state index in [0.717, 1.165) is 15.5 Å². The Labute approximate surface area is 124 Å². The number of nitrogens with one attached hydrogen (secondary N) is 1. The molecule has 0 amide bonds. The van der Waals surface area contributed by atoms with E-state index in [1.807, 2.05) is 13.0 Å². The molecule has 0 unspecified atom stereocenters. The molecule has 3 rings (SSSR count). The van der Waals surface area contributed by atoms with Crippen LogP contribution in [-0.2, 0) is 6.42 Å². The molecule has 0 spiro atoms. The third kappa shape index (κ3) is 2.25. The first-order valence-electron chi connectivity index (χ1n) is 6.50. The maximum Gasteiger partial charge on any atom is 0.334 e. The Balaban J connectivity index is 2.32. The fourth-order valence-electron chi connectivity index (χ4n) is 2.29. The molecular formula is C15H12ClN3O2. The first-order chi connectivity index (χ1) is 10.1. The highest BCUT2D eigenvalue weighted by Crippen LogP contribution is 2.15. The molecule has 3 aromatic rings. The van der Waals surface area contributed by atoms with Crippen molar-refractivity contribution in [2.24, 2.45) is 0 Å². The number of fused-ring (bicyclic) bond motifs is 1. The van der Waals surface area contributed by atoms with Gasteiger partial charge in [0.2, 0.25) is 0 Å². The van der Waals surface area contributed by atoms with Crippen LogP contribution in [0.3, 0.4) is 0 Å². The Morgan fingerprint density at radius 3 is 2.86 bits per heavy atom. The Hall–Kier alpha value is -2.40. The molecule has 2 aromatic heterocycles. The molecule has 0 aliphatic carbocycles. The summed E-state index contributed by atoms with van der Waals surface area (Å²) in [6.07, 6.45) is 2.14. The van der Waals surface area contributed by atoms with Gasteiger partial charge in [0, 0.05) is 11.6 Å². The largest absolute Gasteiger partial charge is 0.334 e. The molecule has 0 atom stereocenters. The lowest BCUT2D eigenvalue weighted by Crippen LogP contribution is -2.36. The van der Waals surface area contributed by atoms with E-state index < -0.39 is 11.2 Å². The zero-order valence-corrected chi connectivity index (χ0v) is 12.0. The molecule has 0 fully saturated rings. The van der Waals surface area contributed by atoms with Crippen LogP contribution in [0.15, 0.2) is 46.1 Å². The first-order valence-corrected chi connectivity index (χ1v) is 6.88. The van der Waals surface area contributed by atoms with Crippen LogP contribution in [0.5, 0.6) is 0 Å². The maximum atomic E-state index is 12.4. The van der Waals surface area contributed by atoms with Gasteiger partial charge in [0.1, 0.15) is 5.15 Å². The molecule has 6 heteroatoms. The predicted molar refractivity (Wildman–Crippen MR) is 82.3 cm³/mol. The number of benzene rings is 1. The Morgan fingerprint density at radius 2 is 2.10 bits per heavy atom. The molecule has 0 aliphatic rings. The van der Waals surface area contributed by atoms with E-state index >= 15 is 0 Å². The Morgan fingerprint density at radius 1 is 1.29 bits per heavy atom. The molecular weight excluding hydrogens is 290 g/mol. The molecule has 0 radical (unpaired) electrons. The number of aromatic nitrogens is 3. The summed E-state index contributed by atoms with van der Waals surface area (Å²) >= 11 is 5.91. The molecule has 106 valence electrons. The average Bonchev–Trinajstić information content (AvgIpc) is 2.47. The zero-order chi connectivity index (χ0) is 15.0. The van der Waals surface area contributed by atoms with Crippen LogP contribution in [0.4, 0.5) is 0 Å². The van der Waals surface area contributed by atoms with E-state index in [1.54, 1.807) is 30.5 Å². The number of hydrogen-bond acceptors (Lipinski definition) is 3. The number of pyridine rings is 1. The van der Waals surface area contributed by atoms with Crippen molar-refractivity contribution in [3.63, 3.8) is 0 Å². The molecule has 1 aromatic carbocycles. The summed E-state index contributed by atoms with van der Waals surface area (Å²) in [5, 5.41) is 0.959. The van der Waals surface area contributed by atoms with Crippen molar-refractivity contribution in [1.29, 1.82) is 0 Å². The molecule has 0 aliphatic heterocycles. The van der Waals surface area contributed by atoms with Gasteiger partial charge in [-0.3, -0.25) is 14.8 Å². The van der Waals surface area contributed by atoms with Crippen molar-refractivity contribution in [3.05, 3.63) is 68.1 Å². The number of hydrogen-bond donors (Lipinski definition) is 1. The van der Waals surface area contributed by atoms with Gasteiger partial charge >= 0.3 is 5.69 Å². The van der Waals surface area contributed by atoms with Crippen LogP contribution < -0.4 is 11.2 Å². The number of nitrogens with zero attached hydrogens (tertiary/aromatic N) is 2. The van der Waals surface area contributed by atoms with Crippen LogP contribution in [0.1, 0.15) is 12.5 Å². The third-order valence-electron chi connectivity index (χ3n) is 3.34. The SMILES string of the molecule is CCc1c(Cl)[nH]c(=O)n(-c2ccc3ncccc3c2)c1=O. The van der Waals surface area contributed by atoms with Gasteiger partial charge in [-0.15, -0.1) is 0 Å². The average molecular weight is 302 g/mol. The van der Waals surface area contributed by atoms with Crippen molar-refractivity contribution in [3.8, 4) is 5.69 Å². The maximum absolute atomic E-state index is 12.4. The minimum atomic E-state index is -0.551. The molecule has 0 bridgehead atoms. The summed E-state index contributed by atoms with van der Waals surface area (Å²) in [5.41, 5.74) is 0.742. The van der Waals surface area contributed by atoms with Crippen LogP contribution in [0.2, 0.25) is 5.15 Å². The van der Waals surface area contributed by atoms with E-state index in [-0.39, 0.29) is 5.15 Å². The number of rotatable bonds is 2. The van der Waals surface area contributed by atoms with Crippen molar-refractivity contribution in [2.75, 3.05) is 0 Å². The van der Waals surface area contributed by atoms with E-state index in [9.17, 15) is 9.59 Å². The number of H-pyrrole nitrogens is 1. The van der Waals surface area contributed by atoms with Crippen molar-refractivity contribution in [2.45, 2.75) is 13.3 Å². The van der Waals surface area contributed by atoms with E-state index in [4.69, 9.17) is 11.6 Å². The molecule has 5 nitrogen and oxygen atoms in total. The molecule has 0 saturated carbocycles. The smallest absolute Gasteiger partial charge is 0.297 e. The minimum absolute atomic E-state index is 0.103. The topological polar surface area (TPSA) is 67.8 Å². The second-order valence-electron chi connectivity index (χ2n) is 4.60. The fourth-order valence-corrected chi connectivity index (χ4v) is 2.58. The van der Waals surface area contributed by atoms with E-state index in [2.05, 4.69) is 9.97 Å². The van der Waals surface area contributed by atoms with Crippen LogP contribution in [-0.4, -0.2) is 14.5 Å². The summed E-state index contributed by atoms with van der Waals surface area (Å²) in [6.45, 7) is 1.82. The lowest BCUT2D eigenvalue weighted by molar-refractivity contribution is 0.843. The van der Waals surface area contributed by atoms with Crippen LogP contribution >= 0.6 is 11.6 Å². The van der Waals surface area contributed by atoms with Gasteiger partial charge in [-0.25, -0.2) is 9.36 Å². The number of halogens is 1. The van der Waals surface area contributed by atoms with Gasteiger partial charge in [0.25, 0.3) is 5.56 Å².